The van der Waals surface area contributed by atoms with Crippen molar-refractivity contribution >= 4 is 22.4 Å². The minimum Gasteiger partial charge on any atom is -0.333 e. The fourth-order valence-electron chi connectivity index (χ4n) is 5.05. The van der Waals surface area contributed by atoms with E-state index in [1.165, 1.54) is 17.7 Å². The lowest BCUT2D eigenvalue weighted by Crippen LogP contribution is -2.77. The number of carbonyl (C=O) groups is 1. The van der Waals surface area contributed by atoms with Crippen molar-refractivity contribution in [3.8, 4) is 0 Å². The van der Waals surface area contributed by atoms with Gasteiger partial charge in [-0.05, 0) is 31.0 Å². The van der Waals surface area contributed by atoms with Gasteiger partial charge in [-0.15, -0.1) is 0 Å². The van der Waals surface area contributed by atoms with Crippen LogP contribution in [0.3, 0.4) is 0 Å². The van der Waals surface area contributed by atoms with Crippen LogP contribution >= 0.6 is 0 Å². The number of likely N-dealkylation sites (tertiary alicyclic amines) is 1. The molecule has 1 aromatic carbocycles. The van der Waals surface area contributed by atoms with E-state index in [1.807, 2.05) is 6.07 Å². The van der Waals surface area contributed by atoms with E-state index < -0.39 is 16.5 Å². The lowest BCUT2D eigenvalue weighted by atomic mass is 9.89. The highest BCUT2D eigenvalue weighted by molar-refractivity contribution is 6.95. The van der Waals surface area contributed by atoms with Gasteiger partial charge in [0.1, 0.15) is 16.5 Å². The minimum absolute atomic E-state index is 0.159. The molecule has 0 N–H and O–H groups in total. The molecule has 3 nitrogen and oxygen atoms in total. The minimum atomic E-state index is -1.43. The molecule has 1 amide bonds. The van der Waals surface area contributed by atoms with Crippen LogP contribution in [0.5, 0.6) is 0 Å². The summed E-state index contributed by atoms with van der Waals surface area (Å²) in [5.41, 5.74) is 1.25. The lowest BCUT2D eigenvalue weighted by molar-refractivity contribution is -0.158. The Morgan fingerprint density at radius 2 is 1.62 bits per heavy atom. The molecule has 24 heavy (non-hydrogen) atoms. The quantitative estimate of drug-likeness (QED) is 0.584. The third kappa shape index (κ3) is 2.70. The van der Waals surface area contributed by atoms with Crippen LogP contribution in [0.1, 0.15) is 31.9 Å². The van der Waals surface area contributed by atoms with E-state index in [0.717, 1.165) is 6.42 Å². The normalized spacial score (nSPS) is 30.2. The Morgan fingerprint density at radius 3 is 2.12 bits per heavy atom. The Labute approximate surface area is 149 Å². The molecule has 0 saturated carbocycles. The zero-order chi connectivity index (χ0) is 17.7. The molecule has 132 valence electrons. The van der Waals surface area contributed by atoms with E-state index in [1.54, 1.807) is 0 Å². The number of amides is 1. The van der Waals surface area contributed by atoms with Crippen LogP contribution in [-0.2, 0) is 4.79 Å². The Morgan fingerprint density at radius 1 is 1.08 bits per heavy atom. The zero-order valence-electron chi connectivity index (χ0n) is 16.0. The van der Waals surface area contributed by atoms with Crippen LogP contribution < -0.4 is 0 Å². The molecule has 0 aromatic heterocycles. The average Bonchev–Trinajstić information content (AvgIpc) is 2.76. The third-order valence-corrected chi connectivity index (χ3v) is 16.5. The summed E-state index contributed by atoms with van der Waals surface area (Å²) < 4.78 is 2.80. The van der Waals surface area contributed by atoms with Crippen molar-refractivity contribution in [1.82, 2.24) is 9.13 Å². The molecule has 3 unspecified atom stereocenters. The van der Waals surface area contributed by atoms with Crippen LogP contribution in [0.4, 0.5) is 0 Å². The molecule has 2 fully saturated rings. The second kappa shape index (κ2) is 6.11. The first kappa shape index (κ1) is 17.9. The molecular weight excluding hydrogens is 328 g/mol. The maximum atomic E-state index is 13.2. The van der Waals surface area contributed by atoms with E-state index in [9.17, 15) is 4.79 Å². The maximum absolute atomic E-state index is 13.2. The van der Waals surface area contributed by atoms with Crippen molar-refractivity contribution in [2.75, 3.05) is 0 Å². The van der Waals surface area contributed by atoms with Crippen LogP contribution in [0.2, 0.25) is 38.3 Å². The molecule has 2 heterocycles. The van der Waals surface area contributed by atoms with Gasteiger partial charge in [0, 0.05) is 0 Å². The predicted octanol–water partition coefficient (Wildman–Crippen LogP) is 4.46. The van der Waals surface area contributed by atoms with Crippen LogP contribution in [0.25, 0.3) is 0 Å². The Hall–Kier alpha value is -0.916. The van der Waals surface area contributed by atoms with Crippen molar-refractivity contribution < 1.29 is 4.79 Å². The highest BCUT2D eigenvalue weighted by atomic mass is 28.4. The van der Waals surface area contributed by atoms with Crippen molar-refractivity contribution in [2.24, 2.45) is 0 Å². The second-order valence-electron chi connectivity index (χ2n) is 8.75. The number of hydrogen-bond donors (Lipinski definition) is 0. The molecule has 0 spiro atoms. The van der Waals surface area contributed by atoms with E-state index in [-0.39, 0.29) is 12.1 Å². The summed E-state index contributed by atoms with van der Waals surface area (Å²) in [6.45, 7) is 14.3. The summed E-state index contributed by atoms with van der Waals surface area (Å²) in [6.07, 6.45) is 1.05. The van der Waals surface area contributed by atoms with Crippen LogP contribution in [-0.4, -0.2) is 43.6 Å². The molecule has 0 aliphatic carbocycles. The molecule has 2 saturated heterocycles. The van der Waals surface area contributed by atoms with Crippen molar-refractivity contribution in [3.63, 3.8) is 0 Å². The van der Waals surface area contributed by atoms with Gasteiger partial charge >= 0.3 is 0 Å². The lowest BCUT2D eigenvalue weighted by Gasteiger charge is -2.58. The summed E-state index contributed by atoms with van der Waals surface area (Å²) in [7, 11) is -2.87. The van der Waals surface area contributed by atoms with Gasteiger partial charge in [-0.25, -0.2) is 0 Å². The van der Waals surface area contributed by atoms with Gasteiger partial charge in [0.15, 0.2) is 0 Å². The molecular formula is C19H32N2OSi2. The molecule has 0 bridgehead atoms. The first-order valence-corrected chi connectivity index (χ1v) is 15.7. The van der Waals surface area contributed by atoms with Gasteiger partial charge in [-0.1, -0.05) is 63.4 Å². The summed E-state index contributed by atoms with van der Waals surface area (Å²) in [6, 6.07) is 13.9. The summed E-state index contributed by atoms with van der Waals surface area (Å²) in [5.74, 6) is 0.376. The fourth-order valence-corrected chi connectivity index (χ4v) is 19.7. The second-order valence-corrected chi connectivity index (χ2v) is 18.4. The smallest absolute Gasteiger partial charge is 0.241 e. The Balaban J connectivity index is 1.87. The average molecular weight is 361 g/mol. The van der Waals surface area contributed by atoms with Crippen molar-refractivity contribution in [3.05, 3.63) is 35.9 Å². The Kier molecular flexibility index (Phi) is 4.56. The highest BCUT2D eigenvalue weighted by Gasteiger charge is 2.60. The van der Waals surface area contributed by atoms with Gasteiger partial charge < -0.3 is 9.13 Å². The first-order valence-electron chi connectivity index (χ1n) is 9.37. The molecule has 3 atom stereocenters. The van der Waals surface area contributed by atoms with Gasteiger partial charge in [0.25, 0.3) is 0 Å². The predicted molar refractivity (Wildman–Crippen MR) is 106 cm³/mol. The number of carbonyl (C=O) groups excluding carboxylic acids is 1. The fraction of sp³-hybridized carbons (Fsp3) is 0.632. The summed E-state index contributed by atoms with van der Waals surface area (Å²) >= 11 is 0. The van der Waals surface area contributed by atoms with E-state index in [2.05, 4.69) is 73.4 Å². The molecule has 5 heteroatoms. The number of rotatable bonds is 4. The van der Waals surface area contributed by atoms with E-state index in [0.29, 0.717) is 11.9 Å². The van der Waals surface area contributed by atoms with Gasteiger partial charge in [-0.2, -0.15) is 0 Å². The number of nitrogens with zero attached hydrogens (tertiary/aromatic N) is 2. The first-order chi connectivity index (χ1) is 11.2. The zero-order valence-corrected chi connectivity index (χ0v) is 18.0. The molecule has 2 aliphatic heterocycles. The van der Waals surface area contributed by atoms with E-state index >= 15 is 0 Å². The molecule has 3 rings (SSSR count). The van der Waals surface area contributed by atoms with Crippen LogP contribution in [0.15, 0.2) is 30.3 Å². The van der Waals surface area contributed by atoms with Crippen LogP contribution in [0, 0.1) is 0 Å². The summed E-state index contributed by atoms with van der Waals surface area (Å²) in [5, 5.41) is 0. The van der Waals surface area contributed by atoms with Gasteiger partial charge in [0.2, 0.25) is 5.91 Å². The molecule has 2 aliphatic rings. The van der Waals surface area contributed by atoms with Crippen molar-refractivity contribution in [1.29, 1.82) is 0 Å². The van der Waals surface area contributed by atoms with Gasteiger partial charge in [-0.3, -0.25) is 4.79 Å². The number of hydrogen-bond acceptors (Lipinski definition) is 2. The van der Waals surface area contributed by atoms with Gasteiger partial charge in [0.05, 0.1) is 18.1 Å². The number of benzene rings is 1. The van der Waals surface area contributed by atoms with E-state index in [4.69, 9.17) is 0 Å². The topological polar surface area (TPSA) is 23.6 Å². The highest BCUT2D eigenvalue weighted by Crippen LogP contribution is 2.45. The standard InChI is InChI=1S/C19H32N2OSi2/c1-7-17-18(21-23(3,4)13-14-24(21,5)6)19(22)20(17)15(2)16-11-9-8-10-12-16/h8-12,15,17-18H,7,13-14H2,1-6H3. The Bertz CT molecular complexity index is 601. The largest absolute Gasteiger partial charge is 0.333 e. The SMILES string of the molecule is CCC1C(N2[Si](C)(C)CC[Si]2(C)C)C(=O)N1C(C)c1ccccc1. The van der Waals surface area contributed by atoms with Crippen molar-refractivity contribution in [2.45, 2.75) is 76.7 Å². The third-order valence-electron chi connectivity index (χ3n) is 6.28. The molecule has 0 radical (unpaired) electrons. The maximum Gasteiger partial charge on any atom is 0.241 e. The number of β-lactam (4-membered cyclic amide) rings is 1. The molecule has 1 aromatic rings. The summed E-state index contributed by atoms with van der Waals surface area (Å²) in [4.78, 5) is 15.4. The monoisotopic (exact) mass is 360 g/mol.